The lowest BCUT2D eigenvalue weighted by atomic mass is 9.89. The number of benzene rings is 1. The maximum atomic E-state index is 13.0. The Balaban J connectivity index is 0.00000169. The summed E-state index contributed by atoms with van der Waals surface area (Å²) >= 11 is 0. The molecule has 2 N–H and O–H groups in total. The molecule has 5 nitrogen and oxygen atoms in total. The van der Waals surface area contributed by atoms with Crippen LogP contribution in [0, 0.1) is 5.82 Å². The minimum absolute atomic E-state index is 0. The Morgan fingerprint density at radius 2 is 1.73 bits per heavy atom. The largest absolute Gasteiger partial charge is 0.381 e. The number of nitrogens with two attached hydrogens (primary N) is 1. The third-order valence-corrected chi connectivity index (χ3v) is 5.01. The zero-order valence-electron chi connectivity index (χ0n) is 14.9. The van der Waals surface area contributed by atoms with Gasteiger partial charge in [-0.15, -0.1) is 24.8 Å². The van der Waals surface area contributed by atoms with Crippen molar-refractivity contribution in [1.29, 1.82) is 0 Å². The Morgan fingerprint density at radius 1 is 1.08 bits per heavy atom. The number of nitrogens with zero attached hydrogens (tertiary/aromatic N) is 2. The van der Waals surface area contributed by atoms with E-state index in [4.69, 9.17) is 10.5 Å². The van der Waals surface area contributed by atoms with Gasteiger partial charge in [0.15, 0.2) is 0 Å². The molecule has 2 aliphatic heterocycles. The van der Waals surface area contributed by atoms with Crippen molar-refractivity contribution in [2.45, 2.75) is 31.3 Å². The average Bonchev–Trinajstić information content (AvgIpc) is 2.82. The lowest BCUT2D eigenvalue weighted by Gasteiger charge is -2.36. The van der Waals surface area contributed by atoms with Crippen LogP contribution in [0.1, 0.15) is 24.8 Å². The molecule has 0 radical (unpaired) electrons. The topological polar surface area (TPSA) is 58.8 Å². The first kappa shape index (κ1) is 23.1. The molecule has 2 fully saturated rings. The Bertz CT molecular complexity index is 568. The number of halogens is 3. The molecule has 0 unspecified atom stereocenters. The number of hydrogen-bond donors (Lipinski definition) is 1. The third-order valence-electron chi connectivity index (χ3n) is 5.01. The number of carbonyl (C=O) groups excluding carboxylic acids is 1. The van der Waals surface area contributed by atoms with Crippen molar-refractivity contribution < 1.29 is 13.9 Å². The summed E-state index contributed by atoms with van der Waals surface area (Å²) in [5.41, 5.74) is 6.67. The highest BCUT2D eigenvalue weighted by atomic mass is 35.5. The van der Waals surface area contributed by atoms with Gasteiger partial charge < -0.3 is 15.4 Å². The summed E-state index contributed by atoms with van der Waals surface area (Å²) in [6.45, 7) is 5.10. The Hall–Kier alpha value is -0.920. The van der Waals surface area contributed by atoms with Crippen molar-refractivity contribution in [3.63, 3.8) is 0 Å². The molecule has 1 amide bonds. The van der Waals surface area contributed by atoms with E-state index >= 15 is 0 Å². The fourth-order valence-corrected chi connectivity index (χ4v) is 3.44. The molecule has 1 aromatic rings. The molecule has 2 heterocycles. The highest BCUT2D eigenvalue weighted by Crippen LogP contribution is 2.21. The smallest absolute Gasteiger partial charge is 0.242 e. The summed E-state index contributed by atoms with van der Waals surface area (Å²) in [6.07, 6.45) is 2.13. The van der Waals surface area contributed by atoms with E-state index in [-0.39, 0.29) is 36.5 Å². The zero-order valence-corrected chi connectivity index (χ0v) is 16.5. The summed E-state index contributed by atoms with van der Waals surface area (Å²) in [5, 5.41) is 0. The van der Waals surface area contributed by atoms with Gasteiger partial charge in [-0.1, -0.05) is 12.1 Å². The van der Waals surface area contributed by atoms with E-state index in [9.17, 15) is 9.18 Å². The summed E-state index contributed by atoms with van der Waals surface area (Å²) in [7, 11) is 0. The van der Waals surface area contributed by atoms with E-state index in [0.717, 1.165) is 38.2 Å². The summed E-state index contributed by atoms with van der Waals surface area (Å²) in [4.78, 5) is 17.0. The maximum absolute atomic E-state index is 13.0. The first-order valence-electron chi connectivity index (χ1n) is 8.70. The van der Waals surface area contributed by atoms with Crippen LogP contribution in [0.4, 0.5) is 4.39 Å². The molecule has 1 aromatic carbocycles. The van der Waals surface area contributed by atoms with Gasteiger partial charge in [0.2, 0.25) is 5.91 Å². The summed E-state index contributed by atoms with van der Waals surface area (Å²) < 4.78 is 18.3. The van der Waals surface area contributed by atoms with Crippen LogP contribution < -0.4 is 5.73 Å². The van der Waals surface area contributed by atoms with Crippen LogP contribution in [0.15, 0.2) is 24.3 Å². The normalized spacial score (nSPS) is 20.5. The molecule has 0 atom stereocenters. The van der Waals surface area contributed by atoms with E-state index in [1.165, 1.54) is 12.1 Å². The molecule has 0 aliphatic carbocycles. The number of hydrogen-bond acceptors (Lipinski definition) is 4. The highest BCUT2D eigenvalue weighted by molar-refractivity contribution is 5.86. The molecule has 2 saturated heterocycles. The van der Waals surface area contributed by atoms with E-state index in [1.54, 1.807) is 0 Å². The second kappa shape index (κ2) is 10.4. The van der Waals surface area contributed by atoms with Crippen LogP contribution in [-0.2, 0) is 16.1 Å². The Labute approximate surface area is 166 Å². The molecule has 0 aromatic heterocycles. The molecule has 0 bridgehead atoms. The SMILES string of the molecule is Cl.Cl.NC1(C(=O)N2CCCN(Cc3ccc(F)cc3)CC2)CCOCC1. The Morgan fingerprint density at radius 3 is 2.38 bits per heavy atom. The first-order valence-corrected chi connectivity index (χ1v) is 8.70. The second-order valence-electron chi connectivity index (χ2n) is 6.82. The minimum atomic E-state index is -0.760. The minimum Gasteiger partial charge on any atom is -0.381 e. The highest BCUT2D eigenvalue weighted by Gasteiger charge is 2.39. The van der Waals surface area contributed by atoms with Gasteiger partial charge in [0.05, 0.1) is 5.54 Å². The van der Waals surface area contributed by atoms with E-state index in [0.29, 0.717) is 32.6 Å². The Kier molecular flexibility index (Phi) is 9.27. The van der Waals surface area contributed by atoms with Crippen molar-refractivity contribution in [2.24, 2.45) is 5.73 Å². The van der Waals surface area contributed by atoms with Crippen molar-refractivity contribution in [3.05, 3.63) is 35.6 Å². The predicted molar refractivity (Wildman–Crippen MR) is 104 cm³/mol. The molecular formula is C18H28Cl2FN3O2. The van der Waals surface area contributed by atoms with Gasteiger partial charge in [-0.2, -0.15) is 0 Å². The van der Waals surface area contributed by atoms with Crippen LogP contribution >= 0.6 is 24.8 Å². The summed E-state index contributed by atoms with van der Waals surface area (Å²) in [6, 6.07) is 6.62. The average molecular weight is 408 g/mol. The lowest BCUT2D eigenvalue weighted by molar-refractivity contribution is -0.140. The van der Waals surface area contributed by atoms with Crippen LogP contribution in [-0.4, -0.2) is 60.6 Å². The standard InChI is InChI=1S/C18H26FN3O2.2ClH/c19-16-4-2-15(3-5-16)14-21-8-1-9-22(11-10-21)17(23)18(20)6-12-24-13-7-18;;/h2-5H,1,6-14,20H2;2*1H. The van der Waals surface area contributed by atoms with Gasteiger partial charge in [0, 0.05) is 45.9 Å². The predicted octanol–water partition coefficient (Wildman–Crippen LogP) is 2.21. The number of ether oxygens (including phenoxy) is 1. The molecule has 0 spiro atoms. The van der Waals surface area contributed by atoms with Gasteiger partial charge in [-0.05, 0) is 37.0 Å². The first-order chi connectivity index (χ1) is 11.6. The van der Waals surface area contributed by atoms with Gasteiger partial charge >= 0.3 is 0 Å². The van der Waals surface area contributed by atoms with Crippen LogP contribution in [0.25, 0.3) is 0 Å². The fourth-order valence-electron chi connectivity index (χ4n) is 3.44. The zero-order chi connectivity index (χ0) is 17.0. The van der Waals surface area contributed by atoms with Gasteiger partial charge in [0.25, 0.3) is 0 Å². The molecule has 8 heteroatoms. The van der Waals surface area contributed by atoms with Crippen LogP contribution in [0.2, 0.25) is 0 Å². The lowest BCUT2D eigenvalue weighted by Crippen LogP contribution is -2.58. The van der Waals surface area contributed by atoms with E-state index in [2.05, 4.69) is 4.90 Å². The third kappa shape index (κ3) is 5.79. The second-order valence-corrected chi connectivity index (χ2v) is 6.82. The van der Waals surface area contributed by atoms with Crippen LogP contribution in [0.5, 0.6) is 0 Å². The summed E-state index contributed by atoms with van der Waals surface area (Å²) in [5.74, 6) is -0.148. The van der Waals surface area contributed by atoms with Gasteiger partial charge in [0.1, 0.15) is 5.82 Å². The van der Waals surface area contributed by atoms with E-state index < -0.39 is 5.54 Å². The molecule has 2 aliphatic rings. The molecule has 0 saturated carbocycles. The number of rotatable bonds is 3. The van der Waals surface area contributed by atoms with Crippen molar-refractivity contribution in [3.8, 4) is 0 Å². The van der Waals surface area contributed by atoms with Gasteiger partial charge in [-0.3, -0.25) is 9.69 Å². The van der Waals surface area contributed by atoms with Crippen molar-refractivity contribution in [1.82, 2.24) is 9.80 Å². The van der Waals surface area contributed by atoms with Crippen molar-refractivity contribution >= 4 is 30.7 Å². The fraction of sp³-hybridized carbons (Fsp3) is 0.611. The van der Waals surface area contributed by atoms with E-state index in [1.807, 2.05) is 17.0 Å². The molecular weight excluding hydrogens is 380 g/mol. The number of amides is 1. The van der Waals surface area contributed by atoms with Crippen LogP contribution in [0.3, 0.4) is 0 Å². The molecule has 148 valence electrons. The van der Waals surface area contributed by atoms with Gasteiger partial charge in [-0.25, -0.2) is 4.39 Å². The quantitative estimate of drug-likeness (QED) is 0.834. The molecule has 3 rings (SSSR count). The monoisotopic (exact) mass is 407 g/mol. The van der Waals surface area contributed by atoms with Crippen molar-refractivity contribution in [2.75, 3.05) is 39.4 Å². The molecule has 26 heavy (non-hydrogen) atoms. The number of carbonyl (C=O) groups is 1. The maximum Gasteiger partial charge on any atom is 0.242 e.